The first-order valence-electron chi connectivity index (χ1n) is 15.1. The summed E-state index contributed by atoms with van der Waals surface area (Å²) in [5, 5.41) is 18.0. The van der Waals surface area contributed by atoms with Crippen molar-refractivity contribution in [3.05, 3.63) is 53.6 Å². The van der Waals surface area contributed by atoms with Gasteiger partial charge in [0.15, 0.2) is 0 Å². The fraction of sp³-hybridized carbons (Fsp3) is 0.516. The summed E-state index contributed by atoms with van der Waals surface area (Å²) in [6.07, 6.45) is -5.12. The van der Waals surface area contributed by atoms with Crippen LogP contribution in [0.3, 0.4) is 0 Å². The third kappa shape index (κ3) is 11.0. The first kappa shape index (κ1) is 38.8. The first-order chi connectivity index (χ1) is 22.7. The van der Waals surface area contributed by atoms with Gasteiger partial charge in [-0.05, 0) is 63.8 Å². The predicted molar refractivity (Wildman–Crippen MR) is 165 cm³/mol. The highest BCUT2D eigenvalue weighted by Gasteiger charge is 2.39. The van der Waals surface area contributed by atoms with E-state index in [2.05, 4.69) is 51.1 Å². The number of ether oxygens (including phenoxy) is 1. The maximum absolute atomic E-state index is 12.5. The molecule has 5 rings (SSSR count). The molecule has 12 nitrogen and oxygen atoms in total. The van der Waals surface area contributed by atoms with Crippen LogP contribution in [0.2, 0.25) is 0 Å². The van der Waals surface area contributed by atoms with Gasteiger partial charge in [-0.2, -0.15) is 26.3 Å². The van der Waals surface area contributed by atoms with Gasteiger partial charge in [-0.15, -0.1) is 0 Å². The van der Waals surface area contributed by atoms with Crippen molar-refractivity contribution in [3.63, 3.8) is 0 Å². The van der Waals surface area contributed by atoms with Crippen molar-refractivity contribution < 1.29 is 55.7 Å². The molecule has 1 unspecified atom stereocenters. The number of hydrogen-bond acceptors (Lipinski definition) is 8. The van der Waals surface area contributed by atoms with Crippen molar-refractivity contribution in [1.29, 1.82) is 0 Å². The van der Waals surface area contributed by atoms with E-state index >= 15 is 0 Å². The zero-order valence-corrected chi connectivity index (χ0v) is 27.2. The number of hydrogen-bond donors (Lipinski definition) is 3. The van der Waals surface area contributed by atoms with Gasteiger partial charge in [0.05, 0.1) is 29.5 Å². The molecule has 1 aliphatic heterocycles. The average Bonchev–Trinajstić information content (AvgIpc) is 3.34. The van der Waals surface area contributed by atoms with Crippen LogP contribution >= 0.6 is 0 Å². The molecule has 270 valence electrons. The number of aromatic nitrogens is 3. The standard InChI is InChI=1S/C27H36N6O2.2C2HF3O2/c1-27(2,3)35-26(34)33-16-14-32(15-17-33)22-12-6-11-21-25(22)30-23(31(21)4)18-29-20-10-5-8-19-9-7-13-28-24(19)20;2*3-2(4,5)1(6)7/h6-7,9,11-13,20,29H,5,8,10,14-18H2,1-4H3;2*(H,6,7). The second kappa shape index (κ2) is 15.7. The van der Waals surface area contributed by atoms with E-state index in [0.29, 0.717) is 19.6 Å². The lowest BCUT2D eigenvalue weighted by Crippen LogP contribution is -2.50. The zero-order valence-electron chi connectivity index (χ0n) is 27.2. The highest BCUT2D eigenvalue weighted by atomic mass is 19.4. The normalized spacial score (nSPS) is 16.5. The second-order valence-electron chi connectivity index (χ2n) is 12.2. The molecule has 3 aromatic rings. The number of fused-ring (bicyclic) bond motifs is 2. The van der Waals surface area contributed by atoms with Crippen molar-refractivity contribution in [1.82, 2.24) is 24.8 Å². The Morgan fingerprint density at radius 3 is 2.08 bits per heavy atom. The molecule has 18 heteroatoms. The van der Waals surface area contributed by atoms with Crippen molar-refractivity contribution in [3.8, 4) is 0 Å². The number of para-hydroxylation sites is 1. The molecule has 3 heterocycles. The molecule has 1 aliphatic carbocycles. The van der Waals surface area contributed by atoms with Crippen LogP contribution in [-0.2, 0) is 34.3 Å². The molecule has 0 saturated carbocycles. The van der Waals surface area contributed by atoms with Crippen molar-refractivity contribution in [2.45, 2.75) is 70.6 Å². The predicted octanol–water partition coefficient (Wildman–Crippen LogP) is 5.46. The molecule has 0 spiro atoms. The number of amides is 1. The Labute approximate surface area is 277 Å². The van der Waals surface area contributed by atoms with Crippen molar-refractivity contribution >= 4 is 34.8 Å². The number of aliphatic carboxylic acids is 2. The molecule has 1 atom stereocenters. The molecule has 1 amide bonds. The van der Waals surface area contributed by atoms with Gasteiger partial charge in [0.1, 0.15) is 16.9 Å². The fourth-order valence-electron chi connectivity index (χ4n) is 5.14. The van der Waals surface area contributed by atoms with Gasteiger partial charge < -0.3 is 34.6 Å². The third-order valence-electron chi connectivity index (χ3n) is 7.44. The minimum absolute atomic E-state index is 0.236. The monoisotopic (exact) mass is 704 g/mol. The Morgan fingerprint density at radius 1 is 0.939 bits per heavy atom. The quantitative estimate of drug-likeness (QED) is 0.299. The molecule has 0 radical (unpaired) electrons. The van der Waals surface area contributed by atoms with E-state index in [9.17, 15) is 31.1 Å². The Balaban J connectivity index is 0.000000392. The lowest BCUT2D eigenvalue weighted by atomic mass is 9.92. The van der Waals surface area contributed by atoms with Gasteiger partial charge in [0, 0.05) is 39.4 Å². The van der Waals surface area contributed by atoms with Crippen LogP contribution in [0.5, 0.6) is 0 Å². The molecule has 1 saturated heterocycles. The van der Waals surface area contributed by atoms with Crippen LogP contribution in [0, 0.1) is 0 Å². The van der Waals surface area contributed by atoms with E-state index in [4.69, 9.17) is 29.5 Å². The lowest BCUT2D eigenvalue weighted by Gasteiger charge is -2.36. The Kier molecular flexibility index (Phi) is 12.5. The molecule has 3 N–H and O–H groups in total. The first-order valence-corrected chi connectivity index (χ1v) is 15.1. The van der Waals surface area contributed by atoms with Crippen LogP contribution in [0.1, 0.15) is 56.7 Å². The van der Waals surface area contributed by atoms with E-state index < -0.39 is 29.9 Å². The number of imidazole rings is 1. The Morgan fingerprint density at radius 2 is 1.53 bits per heavy atom. The number of piperazine rings is 1. The number of nitrogens with zero attached hydrogens (tertiary/aromatic N) is 5. The lowest BCUT2D eigenvalue weighted by molar-refractivity contribution is -0.193. The van der Waals surface area contributed by atoms with Crippen LogP contribution in [-0.4, -0.2) is 91.8 Å². The number of anilines is 1. The van der Waals surface area contributed by atoms with Gasteiger partial charge in [-0.1, -0.05) is 12.1 Å². The maximum atomic E-state index is 12.5. The van der Waals surface area contributed by atoms with Gasteiger partial charge >= 0.3 is 30.4 Å². The van der Waals surface area contributed by atoms with E-state index in [1.54, 1.807) is 4.90 Å². The number of carboxylic acid groups (broad SMARTS) is 2. The molecule has 0 bridgehead atoms. The smallest absolute Gasteiger partial charge is 0.475 e. The third-order valence-corrected chi connectivity index (χ3v) is 7.44. The number of carboxylic acids is 2. The van der Waals surface area contributed by atoms with Crippen LogP contribution in [0.4, 0.5) is 36.8 Å². The summed E-state index contributed by atoms with van der Waals surface area (Å²) in [6, 6.07) is 10.8. The topological polar surface area (TPSA) is 150 Å². The van der Waals surface area contributed by atoms with Gasteiger partial charge in [0.25, 0.3) is 0 Å². The number of carbonyl (C=O) groups excluding carboxylic acids is 1. The molecular formula is C31H38F6N6O6. The molecular weight excluding hydrogens is 666 g/mol. The van der Waals surface area contributed by atoms with Gasteiger partial charge in [0.2, 0.25) is 0 Å². The summed E-state index contributed by atoms with van der Waals surface area (Å²) in [6.45, 7) is 9.19. The minimum atomic E-state index is -5.08. The number of carbonyl (C=O) groups is 3. The van der Waals surface area contributed by atoms with Gasteiger partial charge in [-0.25, -0.2) is 19.4 Å². The van der Waals surface area contributed by atoms with Gasteiger partial charge in [-0.3, -0.25) is 4.98 Å². The zero-order chi connectivity index (χ0) is 36.7. The fourth-order valence-corrected chi connectivity index (χ4v) is 5.14. The largest absolute Gasteiger partial charge is 0.490 e. The number of rotatable bonds is 4. The summed E-state index contributed by atoms with van der Waals surface area (Å²) in [7, 11) is 2.09. The summed E-state index contributed by atoms with van der Waals surface area (Å²) in [5.41, 5.74) is 5.32. The molecule has 1 aromatic carbocycles. The molecule has 2 aromatic heterocycles. The Hall–Kier alpha value is -4.61. The van der Waals surface area contributed by atoms with Crippen molar-refractivity contribution in [2.75, 3.05) is 31.1 Å². The Bertz CT molecular complexity index is 1590. The van der Waals surface area contributed by atoms with Crippen LogP contribution in [0.25, 0.3) is 11.0 Å². The van der Waals surface area contributed by atoms with E-state index in [0.717, 1.165) is 48.5 Å². The molecule has 1 fully saturated rings. The van der Waals surface area contributed by atoms with E-state index in [1.165, 1.54) is 17.7 Å². The molecule has 2 aliphatic rings. The highest BCUT2D eigenvalue weighted by Crippen LogP contribution is 2.30. The summed E-state index contributed by atoms with van der Waals surface area (Å²) < 4.78 is 71.2. The summed E-state index contributed by atoms with van der Waals surface area (Å²) in [4.78, 5) is 44.1. The van der Waals surface area contributed by atoms with E-state index in [-0.39, 0.29) is 12.1 Å². The number of alkyl halides is 6. The summed E-state index contributed by atoms with van der Waals surface area (Å²) >= 11 is 0. The number of pyridine rings is 1. The van der Waals surface area contributed by atoms with Crippen molar-refractivity contribution in [2.24, 2.45) is 7.05 Å². The number of halogens is 6. The van der Waals surface area contributed by atoms with E-state index in [1.807, 2.05) is 33.0 Å². The van der Waals surface area contributed by atoms with Crippen LogP contribution < -0.4 is 10.2 Å². The average molecular weight is 705 g/mol. The number of benzene rings is 1. The molecule has 49 heavy (non-hydrogen) atoms. The van der Waals surface area contributed by atoms with Crippen LogP contribution in [0.15, 0.2) is 36.5 Å². The second-order valence-corrected chi connectivity index (χ2v) is 12.2. The SMILES string of the molecule is Cn1c(CNC2CCCc3cccnc32)nc2c(N3CCN(C(=O)OC(C)(C)C)CC3)cccc21.O=C(O)C(F)(F)F.O=C(O)C(F)(F)F. The minimum Gasteiger partial charge on any atom is -0.475 e. The number of nitrogens with one attached hydrogen (secondary N) is 1. The summed E-state index contributed by atoms with van der Waals surface area (Å²) in [5.74, 6) is -4.50. The highest BCUT2D eigenvalue weighted by molar-refractivity contribution is 5.89. The number of aryl methyl sites for hydroxylation is 2. The maximum Gasteiger partial charge on any atom is 0.490 e.